The number of hydrogen-bond acceptors (Lipinski definition) is 5. The molecule has 1 rings (SSSR count). The van der Waals surface area contributed by atoms with Gasteiger partial charge in [0.15, 0.2) is 0 Å². The third kappa shape index (κ3) is 3.69. The van der Waals surface area contributed by atoms with Gasteiger partial charge in [0.25, 0.3) is 5.69 Å². The standard InChI is InChI=1S/C11H17N3O3/c1-13(6-7-17-2)8-9-4-3-5-10(11(9)12)14(15)16/h3-5H,6-8,12H2,1-2H3. The molecule has 0 aliphatic heterocycles. The Balaban J connectivity index is 2.77. The Kier molecular flexibility index (Phi) is 4.86. The number of nitro benzene ring substituents is 1. The van der Waals surface area contributed by atoms with Crippen LogP contribution in [0, 0.1) is 10.1 Å². The van der Waals surface area contributed by atoms with E-state index >= 15 is 0 Å². The van der Waals surface area contributed by atoms with Crippen LogP contribution in [-0.2, 0) is 11.3 Å². The van der Waals surface area contributed by atoms with Gasteiger partial charge in [0.2, 0.25) is 0 Å². The SMILES string of the molecule is COCCN(C)Cc1cccc([N+](=O)[O-])c1N. The van der Waals surface area contributed by atoms with Crippen LogP contribution < -0.4 is 5.73 Å². The van der Waals surface area contributed by atoms with Crippen LogP contribution in [0.25, 0.3) is 0 Å². The molecule has 0 amide bonds. The summed E-state index contributed by atoms with van der Waals surface area (Å²) in [6.45, 7) is 1.93. The molecule has 6 heteroatoms. The van der Waals surface area contributed by atoms with Gasteiger partial charge in [0.1, 0.15) is 5.69 Å². The lowest BCUT2D eigenvalue weighted by molar-refractivity contribution is -0.384. The average Bonchev–Trinajstić information content (AvgIpc) is 2.28. The van der Waals surface area contributed by atoms with Crippen molar-refractivity contribution >= 4 is 11.4 Å². The number of methoxy groups -OCH3 is 1. The van der Waals surface area contributed by atoms with E-state index in [1.807, 2.05) is 11.9 Å². The van der Waals surface area contributed by atoms with Crippen LogP contribution in [0.15, 0.2) is 18.2 Å². The monoisotopic (exact) mass is 239 g/mol. The number of nitrogens with two attached hydrogens (primary N) is 1. The highest BCUT2D eigenvalue weighted by molar-refractivity contribution is 5.62. The lowest BCUT2D eigenvalue weighted by Gasteiger charge is -2.17. The van der Waals surface area contributed by atoms with Crippen LogP contribution >= 0.6 is 0 Å². The molecule has 0 aliphatic rings. The Morgan fingerprint density at radius 2 is 2.24 bits per heavy atom. The number of hydrogen-bond donors (Lipinski definition) is 1. The van der Waals surface area contributed by atoms with Crippen LogP contribution in [-0.4, -0.2) is 37.1 Å². The third-order valence-electron chi connectivity index (χ3n) is 2.49. The van der Waals surface area contributed by atoms with E-state index in [4.69, 9.17) is 10.5 Å². The summed E-state index contributed by atoms with van der Waals surface area (Å²) in [7, 11) is 3.55. The fourth-order valence-corrected chi connectivity index (χ4v) is 1.51. The largest absolute Gasteiger partial charge is 0.393 e. The predicted molar refractivity (Wildman–Crippen MR) is 65.7 cm³/mol. The molecule has 0 heterocycles. The molecular formula is C11H17N3O3. The van der Waals surface area contributed by atoms with Crippen molar-refractivity contribution in [1.82, 2.24) is 4.90 Å². The van der Waals surface area contributed by atoms with Gasteiger partial charge in [-0.05, 0) is 12.6 Å². The smallest absolute Gasteiger partial charge is 0.292 e. The molecular weight excluding hydrogens is 222 g/mol. The summed E-state index contributed by atoms with van der Waals surface area (Å²) in [5.41, 5.74) is 6.72. The maximum absolute atomic E-state index is 10.7. The molecule has 17 heavy (non-hydrogen) atoms. The minimum Gasteiger partial charge on any atom is -0.393 e. The topological polar surface area (TPSA) is 81.6 Å². The number of anilines is 1. The summed E-state index contributed by atoms with van der Waals surface area (Å²) < 4.78 is 4.96. The van der Waals surface area contributed by atoms with Crippen molar-refractivity contribution in [3.63, 3.8) is 0 Å². The van der Waals surface area contributed by atoms with E-state index < -0.39 is 4.92 Å². The van der Waals surface area contributed by atoms with E-state index in [1.54, 1.807) is 19.2 Å². The van der Waals surface area contributed by atoms with E-state index in [-0.39, 0.29) is 11.4 Å². The highest BCUT2D eigenvalue weighted by Gasteiger charge is 2.14. The summed E-state index contributed by atoms with van der Waals surface area (Å²) >= 11 is 0. The van der Waals surface area contributed by atoms with E-state index in [2.05, 4.69) is 0 Å². The van der Waals surface area contributed by atoms with Gasteiger partial charge in [-0.15, -0.1) is 0 Å². The Bertz CT molecular complexity index is 396. The molecule has 0 saturated heterocycles. The molecule has 0 saturated carbocycles. The fourth-order valence-electron chi connectivity index (χ4n) is 1.51. The maximum Gasteiger partial charge on any atom is 0.292 e. The number of rotatable bonds is 6. The van der Waals surface area contributed by atoms with Gasteiger partial charge in [0.05, 0.1) is 11.5 Å². The molecule has 1 aromatic rings. The number of ether oxygens (including phenoxy) is 1. The second kappa shape index (κ2) is 6.17. The molecule has 1 aromatic carbocycles. The van der Waals surface area contributed by atoms with Crippen molar-refractivity contribution in [3.05, 3.63) is 33.9 Å². The molecule has 0 fully saturated rings. The highest BCUT2D eigenvalue weighted by atomic mass is 16.6. The van der Waals surface area contributed by atoms with Crippen LogP contribution in [0.2, 0.25) is 0 Å². The van der Waals surface area contributed by atoms with Gasteiger partial charge in [0, 0.05) is 26.3 Å². The van der Waals surface area contributed by atoms with Crippen molar-refractivity contribution in [2.24, 2.45) is 0 Å². The Morgan fingerprint density at radius 1 is 1.53 bits per heavy atom. The second-order valence-corrected chi connectivity index (χ2v) is 3.84. The van der Waals surface area contributed by atoms with Crippen molar-refractivity contribution in [2.45, 2.75) is 6.54 Å². The quantitative estimate of drug-likeness (QED) is 0.459. The summed E-state index contributed by atoms with van der Waals surface area (Å²) in [6.07, 6.45) is 0. The summed E-state index contributed by atoms with van der Waals surface area (Å²) in [4.78, 5) is 12.3. The molecule has 0 aliphatic carbocycles. The molecule has 0 radical (unpaired) electrons. The summed E-state index contributed by atoms with van der Waals surface area (Å²) in [5, 5.41) is 10.7. The molecule has 0 atom stereocenters. The first kappa shape index (κ1) is 13.4. The molecule has 6 nitrogen and oxygen atoms in total. The zero-order valence-corrected chi connectivity index (χ0v) is 10.0. The molecule has 0 bridgehead atoms. The van der Waals surface area contributed by atoms with Gasteiger partial charge < -0.3 is 10.5 Å². The Hall–Kier alpha value is -1.66. The number of nitro groups is 1. The normalized spacial score (nSPS) is 10.8. The summed E-state index contributed by atoms with van der Waals surface area (Å²) in [6, 6.07) is 4.85. The lowest BCUT2D eigenvalue weighted by atomic mass is 10.1. The van der Waals surface area contributed by atoms with Gasteiger partial charge in [-0.1, -0.05) is 12.1 Å². The van der Waals surface area contributed by atoms with Crippen molar-refractivity contribution in [1.29, 1.82) is 0 Å². The first-order valence-electron chi connectivity index (χ1n) is 5.25. The number of benzene rings is 1. The molecule has 2 N–H and O–H groups in total. The first-order valence-corrected chi connectivity index (χ1v) is 5.25. The van der Waals surface area contributed by atoms with Crippen molar-refractivity contribution < 1.29 is 9.66 Å². The van der Waals surface area contributed by atoms with Gasteiger partial charge in [-0.25, -0.2) is 0 Å². The second-order valence-electron chi connectivity index (χ2n) is 3.84. The fraction of sp³-hybridized carbons (Fsp3) is 0.455. The molecule has 0 aromatic heterocycles. The predicted octanol–water partition coefficient (Wildman–Crippen LogP) is 1.26. The van der Waals surface area contributed by atoms with E-state index in [1.165, 1.54) is 6.07 Å². The van der Waals surface area contributed by atoms with Gasteiger partial charge >= 0.3 is 0 Å². The van der Waals surface area contributed by atoms with E-state index in [0.717, 1.165) is 12.1 Å². The highest BCUT2D eigenvalue weighted by Crippen LogP contribution is 2.25. The van der Waals surface area contributed by atoms with Crippen molar-refractivity contribution in [2.75, 3.05) is 33.0 Å². The first-order chi connectivity index (χ1) is 8.06. The number of likely N-dealkylation sites (N-methyl/N-ethyl adjacent to an activating group) is 1. The minimum absolute atomic E-state index is 0.0392. The van der Waals surface area contributed by atoms with Crippen LogP contribution in [0.5, 0.6) is 0 Å². The lowest BCUT2D eigenvalue weighted by Crippen LogP contribution is -2.23. The van der Waals surface area contributed by atoms with Gasteiger partial charge in [-0.3, -0.25) is 15.0 Å². The molecule has 0 unspecified atom stereocenters. The van der Waals surface area contributed by atoms with E-state index in [0.29, 0.717) is 13.2 Å². The Labute approximate surface area is 100 Å². The average molecular weight is 239 g/mol. The zero-order valence-electron chi connectivity index (χ0n) is 10.0. The number of nitrogen functional groups attached to an aromatic ring is 1. The number of nitrogens with zero attached hydrogens (tertiary/aromatic N) is 2. The van der Waals surface area contributed by atoms with Crippen LogP contribution in [0.4, 0.5) is 11.4 Å². The van der Waals surface area contributed by atoms with Gasteiger partial charge in [-0.2, -0.15) is 0 Å². The van der Waals surface area contributed by atoms with Crippen molar-refractivity contribution in [3.8, 4) is 0 Å². The third-order valence-corrected chi connectivity index (χ3v) is 2.49. The molecule has 94 valence electrons. The zero-order chi connectivity index (χ0) is 12.8. The van der Waals surface area contributed by atoms with Crippen LogP contribution in [0.3, 0.4) is 0 Å². The minimum atomic E-state index is -0.464. The summed E-state index contributed by atoms with van der Waals surface area (Å²) in [5.74, 6) is 0. The van der Waals surface area contributed by atoms with E-state index in [9.17, 15) is 10.1 Å². The Morgan fingerprint density at radius 3 is 2.82 bits per heavy atom. The van der Waals surface area contributed by atoms with Crippen LogP contribution in [0.1, 0.15) is 5.56 Å². The maximum atomic E-state index is 10.7. The number of para-hydroxylation sites is 1. The molecule has 0 spiro atoms.